The quantitative estimate of drug-likeness (QED) is 0.729. The Morgan fingerprint density at radius 1 is 1.39 bits per heavy atom. The predicted molar refractivity (Wildman–Crippen MR) is 105 cm³/mol. The van der Waals surface area contributed by atoms with Crippen molar-refractivity contribution < 1.29 is 14.0 Å². The van der Waals surface area contributed by atoms with Crippen molar-refractivity contribution in [2.75, 3.05) is 17.3 Å². The van der Waals surface area contributed by atoms with E-state index >= 15 is 0 Å². The van der Waals surface area contributed by atoms with Gasteiger partial charge in [0.25, 0.3) is 0 Å². The highest BCUT2D eigenvalue weighted by Gasteiger charge is 2.36. The van der Waals surface area contributed by atoms with Crippen LogP contribution >= 0.6 is 11.3 Å². The van der Waals surface area contributed by atoms with Gasteiger partial charge in [0, 0.05) is 18.0 Å². The van der Waals surface area contributed by atoms with E-state index in [-0.39, 0.29) is 30.1 Å². The van der Waals surface area contributed by atoms with E-state index in [1.54, 1.807) is 47.9 Å². The van der Waals surface area contributed by atoms with Crippen LogP contribution in [0, 0.1) is 12.7 Å². The van der Waals surface area contributed by atoms with E-state index in [9.17, 15) is 14.0 Å². The van der Waals surface area contributed by atoms with Gasteiger partial charge in [-0.2, -0.15) is 0 Å². The number of hydrogen-bond acceptors (Lipinski definition) is 6. The number of aryl methyl sites for hydroxylation is 1. The number of likely N-dealkylation sites (N-methyl/N-ethyl adjacent to an activating group) is 1. The van der Waals surface area contributed by atoms with Crippen molar-refractivity contribution in [2.24, 2.45) is 0 Å². The average molecular weight is 399 g/mol. The number of imidazole rings is 1. The predicted octanol–water partition coefficient (Wildman–Crippen LogP) is 3.11. The summed E-state index contributed by atoms with van der Waals surface area (Å²) >= 11 is 1.26. The highest BCUT2D eigenvalue weighted by molar-refractivity contribution is 7.14. The van der Waals surface area contributed by atoms with Crippen molar-refractivity contribution in [1.29, 1.82) is 0 Å². The van der Waals surface area contributed by atoms with Gasteiger partial charge in [0.2, 0.25) is 11.7 Å². The van der Waals surface area contributed by atoms with Crippen molar-refractivity contribution in [3.8, 4) is 11.3 Å². The third-order valence-electron chi connectivity index (χ3n) is 4.88. The van der Waals surface area contributed by atoms with Crippen molar-refractivity contribution >= 4 is 34.0 Å². The van der Waals surface area contributed by atoms with Gasteiger partial charge in [-0.1, -0.05) is 12.1 Å². The molecule has 3 heterocycles. The number of Topliss-reactive ketones (excluding diaryl/α,β-unsaturated/α-hetero) is 1. The number of halogens is 1. The first-order chi connectivity index (χ1) is 13.3. The lowest BCUT2D eigenvalue weighted by molar-refractivity contribution is -0.116. The standard InChI is InChI=1S/C19H18FN5O2S/c1-10-4-5-12(6-13(10)20)14-8-28-19(22-14)23-15(26)7-25-9-21-18-16(25)17(27)11(2)24(18)3/h4-6,8-9,11H,7H2,1-3H3,(H,22,23,26). The number of aromatic nitrogens is 3. The van der Waals surface area contributed by atoms with Crippen LogP contribution in [0.3, 0.4) is 0 Å². The first-order valence-corrected chi connectivity index (χ1v) is 9.57. The molecule has 28 heavy (non-hydrogen) atoms. The molecule has 2 aromatic heterocycles. The Kier molecular flexibility index (Phi) is 4.46. The van der Waals surface area contributed by atoms with Crippen LogP contribution in [0.5, 0.6) is 0 Å². The summed E-state index contributed by atoms with van der Waals surface area (Å²) < 4.78 is 15.3. The number of benzene rings is 1. The highest BCUT2D eigenvalue weighted by atomic mass is 32.1. The summed E-state index contributed by atoms with van der Waals surface area (Å²) in [5.41, 5.74) is 2.25. The van der Waals surface area contributed by atoms with Gasteiger partial charge >= 0.3 is 0 Å². The lowest BCUT2D eigenvalue weighted by Gasteiger charge is -2.14. The number of nitrogens with zero attached hydrogens (tertiary/aromatic N) is 4. The van der Waals surface area contributed by atoms with Crippen molar-refractivity contribution in [3.63, 3.8) is 0 Å². The van der Waals surface area contributed by atoms with Crippen molar-refractivity contribution in [1.82, 2.24) is 14.5 Å². The Balaban J connectivity index is 1.47. The van der Waals surface area contributed by atoms with Crippen LogP contribution in [0.2, 0.25) is 0 Å². The molecule has 0 saturated heterocycles. The zero-order valence-corrected chi connectivity index (χ0v) is 16.4. The molecule has 0 aliphatic carbocycles. The van der Waals surface area contributed by atoms with Crippen LogP contribution in [0.25, 0.3) is 11.3 Å². The van der Waals surface area contributed by atoms with Crippen LogP contribution in [-0.2, 0) is 11.3 Å². The van der Waals surface area contributed by atoms with E-state index in [0.29, 0.717) is 33.5 Å². The third kappa shape index (κ3) is 3.07. The molecule has 1 aromatic carbocycles. The summed E-state index contributed by atoms with van der Waals surface area (Å²) in [5.74, 6) is -0.0796. The summed E-state index contributed by atoms with van der Waals surface area (Å²) in [7, 11) is 1.80. The second kappa shape index (κ2) is 6.83. The molecule has 4 rings (SSSR count). The second-order valence-electron chi connectivity index (χ2n) is 6.75. The number of ketones is 1. The number of anilines is 2. The number of nitrogens with one attached hydrogen (secondary N) is 1. The smallest absolute Gasteiger partial charge is 0.246 e. The molecule has 1 unspecified atom stereocenters. The fraction of sp³-hybridized carbons (Fsp3) is 0.263. The van der Waals surface area contributed by atoms with Gasteiger partial charge in [0.15, 0.2) is 10.9 Å². The molecule has 0 bridgehead atoms. The zero-order chi connectivity index (χ0) is 20.0. The lowest BCUT2D eigenvalue weighted by Crippen LogP contribution is -2.29. The summed E-state index contributed by atoms with van der Waals surface area (Å²) in [6.07, 6.45) is 1.49. The topological polar surface area (TPSA) is 80.1 Å². The summed E-state index contributed by atoms with van der Waals surface area (Å²) in [6, 6.07) is 4.62. The first-order valence-electron chi connectivity index (χ1n) is 8.69. The second-order valence-corrected chi connectivity index (χ2v) is 7.60. The Morgan fingerprint density at radius 3 is 2.93 bits per heavy atom. The zero-order valence-electron chi connectivity index (χ0n) is 15.6. The number of carbonyl (C=O) groups excluding carboxylic acids is 2. The maximum atomic E-state index is 13.8. The van der Waals surface area contributed by atoms with E-state index in [2.05, 4.69) is 15.3 Å². The molecule has 0 saturated carbocycles. The van der Waals surface area contributed by atoms with Crippen LogP contribution in [0.4, 0.5) is 15.3 Å². The maximum Gasteiger partial charge on any atom is 0.246 e. The number of carbonyl (C=O) groups is 2. The van der Waals surface area contributed by atoms with Gasteiger partial charge in [-0.05, 0) is 25.5 Å². The highest BCUT2D eigenvalue weighted by Crippen LogP contribution is 2.29. The molecule has 1 amide bonds. The molecule has 0 spiro atoms. The van der Waals surface area contributed by atoms with Gasteiger partial charge in [-0.3, -0.25) is 9.59 Å². The fourth-order valence-electron chi connectivity index (χ4n) is 3.09. The Bertz CT molecular complexity index is 1090. The minimum absolute atomic E-state index is 0.0390. The van der Waals surface area contributed by atoms with E-state index in [0.717, 1.165) is 0 Å². The summed E-state index contributed by atoms with van der Waals surface area (Å²) in [6.45, 7) is 3.46. The molecule has 0 fully saturated rings. The van der Waals surface area contributed by atoms with Crippen LogP contribution in [0.15, 0.2) is 29.9 Å². The average Bonchev–Trinajstić information content (AvgIpc) is 3.33. The molecule has 1 N–H and O–H groups in total. The molecule has 0 radical (unpaired) electrons. The Labute approximate surface area is 164 Å². The van der Waals surface area contributed by atoms with E-state index < -0.39 is 0 Å². The van der Waals surface area contributed by atoms with Crippen molar-refractivity contribution in [3.05, 3.63) is 47.0 Å². The molecule has 1 atom stereocenters. The van der Waals surface area contributed by atoms with Gasteiger partial charge in [0.05, 0.1) is 18.1 Å². The summed E-state index contributed by atoms with van der Waals surface area (Å²) in [5, 5.41) is 4.90. The lowest BCUT2D eigenvalue weighted by atomic mass is 10.1. The number of rotatable bonds is 4. The van der Waals surface area contributed by atoms with Gasteiger partial charge in [0.1, 0.15) is 18.1 Å². The van der Waals surface area contributed by atoms with E-state index in [4.69, 9.17) is 0 Å². The maximum absolute atomic E-state index is 13.8. The van der Waals surface area contributed by atoms with Crippen molar-refractivity contribution in [2.45, 2.75) is 26.4 Å². The molecule has 3 aromatic rings. The summed E-state index contributed by atoms with van der Waals surface area (Å²) in [4.78, 5) is 35.2. The van der Waals surface area contributed by atoms with Crippen LogP contribution in [-0.4, -0.2) is 39.3 Å². The number of fused-ring (bicyclic) bond motifs is 1. The molecular formula is C19H18FN5O2S. The first kappa shape index (κ1) is 18.3. The monoisotopic (exact) mass is 399 g/mol. The molecule has 1 aliphatic heterocycles. The number of amides is 1. The molecule has 144 valence electrons. The molecule has 1 aliphatic rings. The molecule has 7 nitrogen and oxygen atoms in total. The third-order valence-corrected chi connectivity index (χ3v) is 5.64. The number of thiazole rings is 1. The normalized spacial score (nSPS) is 15.8. The molecule has 9 heteroatoms. The Hall–Kier alpha value is -3.07. The van der Waals surface area contributed by atoms with Gasteiger partial charge in [-0.15, -0.1) is 11.3 Å². The van der Waals surface area contributed by atoms with E-state index in [1.165, 1.54) is 23.7 Å². The van der Waals surface area contributed by atoms with E-state index in [1.807, 2.05) is 0 Å². The van der Waals surface area contributed by atoms with Crippen LogP contribution < -0.4 is 10.2 Å². The fourth-order valence-corrected chi connectivity index (χ4v) is 3.82. The van der Waals surface area contributed by atoms with Gasteiger partial charge < -0.3 is 14.8 Å². The number of hydrogen-bond donors (Lipinski definition) is 1. The van der Waals surface area contributed by atoms with Crippen LogP contribution in [0.1, 0.15) is 23.0 Å². The van der Waals surface area contributed by atoms with Gasteiger partial charge in [-0.25, -0.2) is 14.4 Å². The SMILES string of the molecule is Cc1ccc(-c2csc(NC(=O)Cn3cnc4c3C(=O)C(C)N4C)n2)cc1F. The minimum Gasteiger partial charge on any atom is -0.348 e. The Morgan fingerprint density at radius 2 is 2.18 bits per heavy atom. The minimum atomic E-state index is -0.314. The largest absolute Gasteiger partial charge is 0.348 e. The molecular weight excluding hydrogens is 381 g/mol.